The van der Waals surface area contributed by atoms with Crippen LogP contribution in [0.2, 0.25) is 0 Å². The van der Waals surface area contributed by atoms with Crippen LogP contribution in [0.4, 0.5) is 0 Å². The number of fused-ring (bicyclic) bond motifs is 5. The third-order valence-corrected chi connectivity index (χ3v) is 8.38. The average molecular weight is 318 g/mol. The van der Waals surface area contributed by atoms with Crippen molar-refractivity contribution >= 4 is 9.84 Å². The predicted molar refractivity (Wildman–Crippen MR) is 84.4 cm³/mol. The Morgan fingerprint density at radius 2 is 1.77 bits per heavy atom. The molecule has 0 amide bonds. The first-order valence-corrected chi connectivity index (χ1v) is 9.53. The second-order valence-electron chi connectivity index (χ2n) is 7.67. The Morgan fingerprint density at radius 3 is 2.45 bits per heavy atom. The Kier molecular flexibility index (Phi) is 2.74. The number of sulfone groups is 1. The van der Waals surface area contributed by atoms with E-state index in [9.17, 15) is 8.42 Å². The molecule has 118 valence electrons. The summed E-state index contributed by atoms with van der Waals surface area (Å²) in [7, 11) is -3.52. The second-order valence-corrected chi connectivity index (χ2v) is 9.80. The first-order valence-electron chi connectivity index (χ1n) is 8.04. The molecule has 3 aliphatic rings. The fraction of sp³-hybridized carbons (Fsp3) is 0.647. The van der Waals surface area contributed by atoms with Gasteiger partial charge in [-0.3, -0.25) is 0 Å². The normalized spacial score (nSPS) is 38.4. The fourth-order valence-corrected chi connectivity index (χ4v) is 7.62. The van der Waals surface area contributed by atoms with Gasteiger partial charge in [-0.15, -0.1) is 0 Å². The number of azo groups is 1. The minimum atomic E-state index is -3.52. The average Bonchev–Trinajstić information content (AvgIpc) is 3.11. The summed E-state index contributed by atoms with van der Waals surface area (Å²) in [6, 6.07) is 7.18. The molecule has 1 aromatic carbocycles. The number of aryl methyl sites for hydroxylation is 1. The molecule has 0 radical (unpaired) electrons. The van der Waals surface area contributed by atoms with Gasteiger partial charge in [0, 0.05) is 11.8 Å². The second kappa shape index (κ2) is 4.19. The van der Waals surface area contributed by atoms with Crippen molar-refractivity contribution < 1.29 is 8.42 Å². The van der Waals surface area contributed by atoms with Crippen LogP contribution in [-0.2, 0) is 9.84 Å². The number of hydrogen-bond donors (Lipinski definition) is 0. The van der Waals surface area contributed by atoms with E-state index in [2.05, 4.69) is 10.2 Å². The first-order chi connectivity index (χ1) is 10.3. The van der Waals surface area contributed by atoms with Gasteiger partial charge in [0.15, 0.2) is 4.87 Å². The Balaban J connectivity index is 1.90. The molecule has 0 saturated heterocycles. The van der Waals surface area contributed by atoms with Crippen molar-refractivity contribution in [3.63, 3.8) is 0 Å². The summed E-state index contributed by atoms with van der Waals surface area (Å²) in [5, 5.41) is 8.89. The molecule has 0 spiro atoms. The van der Waals surface area contributed by atoms with Gasteiger partial charge in [0.25, 0.3) is 0 Å². The Labute approximate surface area is 132 Å². The third-order valence-electron chi connectivity index (χ3n) is 5.96. The van der Waals surface area contributed by atoms with Crippen LogP contribution in [0.5, 0.6) is 0 Å². The Bertz CT molecular complexity index is 751. The Hall–Kier alpha value is -1.23. The van der Waals surface area contributed by atoms with Crippen LogP contribution < -0.4 is 0 Å². The number of hydrogen-bond acceptors (Lipinski definition) is 4. The molecule has 1 aromatic rings. The fourth-order valence-electron chi connectivity index (χ4n) is 5.13. The lowest BCUT2D eigenvalue weighted by molar-refractivity contribution is 0.207. The van der Waals surface area contributed by atoms with Crippen molar-refractivity contribution in [2.45, 2.75) is 55.3 Å². The van der Waals surface area contributed by atoms with Crippen molar-refractivity contribution in [1.82, 2.24) is 0 Å². The molecular formula is C17H22N2O2S. The number of nitrogens with zero attached hydrogens (tertiary/aromatic N) is 2. The molecule has 22 heavy (non-hydrogen) atoms. The van der Waals surface area contributed by atoms with E-state index in [0.717, 1.165) is 24.8 Å². The van der Waals surface area contributed by atoms with Gasteiger partial charge in [0.1, 0.15) is 0 Å². The zero-order valence-corrected chi connectivity index (χ0v) is 14.1. The van der Waals surface area contributed by atoms with Crippen molar-refractivity contribution in [3.8, 4) is 0 Å². The Morgan fingerprint density at radius 1 is 1.09 bits per heavy atom. The van der Waals surface area contributed by atoms with E-state index in [1.165, 1.54) is 0 Å². The molecular weight excluding hydrogens is 296 g/mol. The van der Waals surface area contributed by atoms with Gasteiger partial charge in [-0.2, -0.15) is 10.2 Å². The van der Waals surface area contributed by atoms with Gasteiger partial charge in [0.2, 0.25) is 9.84 Å². The van der Waals surface area contributed by atoms with E-state index in [1.54, 1.807) is 12.1 Å². The van der Waals surface area contributed by atoms with Crippen molar-refractivity contribution in [2.75, 3.05) is 0 Å². The maximum absolute atomic E-state index is 13.5. The summed E-state index contributed by atoms with van der Waals surface area (Å²) in [6.45, 7) is 6.04. The zero-order valence-electron chi connectivity index (χ0n) is 13.3. The van der Waals surface area contributed by atoms with Crippen molar-refractivity contribution in [1.29, 1.82) is 0 Å². The van der Waals surface area contributed by atoms with Gasteiger partial charge in [0.05, 0.1) is 10.4 Å². The largest absolute Gasteiger partial charge is 0.221 e. The van der Waals surface area contributed by atoms with Crippen LogP contribution in [0.25, 0.3) is 0 Å². The minimum absolute atomic E-state index is 0.0186. The minimum Gasteiger partial charge on any atom is -0.221 e. The van der Waals surface area contributed by atoms with Gasteiger partial charge in [-0.1, -0.05) is 17.7 Å². The monoisotopic (exact) mass is 318 g/mol. The molecule has 4 nitrogen and oxygen atoms in total. The molecule has 4 unspecified atom stereocenters. The summed E-state index contributed by atoms with van der Waals surface area (Å²) in [6.07, 6.45) is 3.06. The quantitative estimate of drug-likeness (QED) is 0.833. The van der Waals surface area contributed by atoms with E-state index in [-0.39, 0.29) is 17.4 Å². The standard InChI is InChI=1S/C17H22N2O2S/c1-11-4-8-14(9-5-11)22(20,21)17-13-7-6-12(10-13)15(17)16(2,3)18-19-17/h4-5,8-9,12-13,15H,6-7,10H2,1-3H3. The number of benzene rings is 1. The lowest BCUT2D eigenvalue weighted by Crippen LogP contribution is -2.51. The third kappa shape index (κ3) is 1.55. The van der Waals surface area contributed by atoms with Crippen LogP contribution in [-0.4, -0.2) is 18.8 Å². The van der Waals surface area contributed by atoms with Crippen LogP contribution in [0.1, 0.15) is 38.7 Å². The molecule has 2 fully saturated rings. The highest BCUT2D eigenvalue weighted by Crippen LogP contribution is 2.66. The zero-order chi connectivity index (χ0) is 15.8. The van der Waals surface area contributed by atoms with Crippen LogP contribution in [0, 0.1) is 24.7 Å². The molecule has 2 saturated carbocycles. The van der Waals surface area contributed by atoms with Crippen LogP contribution >= 0.6 is 0 Å². The number of rotatable bonds is 2. The van der Waals surface area contributed by atoms with Crippen LogP contribution in [0.3, 0.4) is 0 Å². The molecule has 5 heteroatoms. The van der Waals surface area contributed by atoms with Gasteiger partial charge in [-0.25, -0.2) is 8.42 Å². The topological polar surface area (TPSA) is 58.9 Å². The maximum atomic E-state index is 13.5. The summed E-state index contributed by atoms with van der Waals surface area (Å²) in [4.78, 5) is -0.624. The summed E-state index contributed by atoms with van der Waals surface area (Å²) in [5.41, 5.74) is 0.687. The van der Waals surface area contributed by atoms with E-state index in [4.69, 9.17) is 0 Å². The van der Waals surface area contributed by atoms with E-state index in [0.29, 0.717) is 10.8 Å². The molecule has 1 heterocycles. The lowest BCUT2D eigenvalue weighted by atomic mass is 9.74. The van der Waals surface area contributed by atoms with Gasteiger partial charge < -0.3 is 0 Å². The lowest BCUT2D eigenvalue weighted by Gasteiger charge is -2.39. The maximum Gasteiger partial charge on any atom is 0.206 e. The predicted octanol–water partition coefficient (Wildman–Crippen LogP) is 3.76. The molecule has 2 aliphatic carbocycles. The smallest absolute Gasteiger partial charge is 0.206 e. The summed E-state index contributed by atoms with van der Waals surface area (Å²) >= 11 is 0. The van der Waals surface area contributed by atoms with E-state index >= 15 is 0 Å². The van der Waals surface area contributed by atoms with Crippen molar-refractivity contribution in [2.24, 2.45) is 28.0 Å². The van der Waals surface area contributed by atoms with Gasteiger partial charge in [-0.05, 0) is 58.1 Å². The highest BCUT2D eigenvalue weighted by atomic mass is 32.2. The van der Waals surface area contributed by atoms with Gasteiger partial charge >= 0.3 is 0 Å². The highest BCUT2D eigenvalue weighted by Gasteiger charge is 2.72. The van der Waals surface area contributed by atoms with E-state index < -0.39 is 14.7 Å². The highest BCUT2D eigenvalue weighted by molar-refractivity contribution is 7.92. The van der Waals surface area contributed by atoms with Crippen molar-refractivity contribution in [3.05, 3.63) is 29.8 Å². The molecule has 2 bridgehead atoms. The SMILES string of the molecule is Cc1ccc(S(=O)(=O)C23N=NC(C)(C)C2C2CCC3C2)cc1. The first kappa shape index (κ1) is 14.4. The molecule has 4 rings (SSSR count). The van der Waals surface area contributed by atoms with Crippen LogP contribution in [0.15, 0.2) is 39.4 Å². The van der Waals surface area contributed by atoms with E-state index in [1.807, 2.05) is 32.9 Å². The molecule has 4 atom stereocenters. The molecule has 0 aromatic heterocycles. The molecule has 0 N–H and O–H groups in total. The molecule has 1 aliphatic heterocycles. The summed E-state index contributed by atoms with van der Waals surface area (Å²) in [5.74, 6) is 0.583. The summed E-state index contributed by atoms with van der Waals surface area (Å²) < 4.78 is 26.9.